The highest BCUT2D eigenvalue weighted by molar-refractivity contribution is 7.90. The van der Waals surface area contributed by atoms with Crippen molar-refractivity contribution in [1.29, 1.82) is 0 Å². The molecule has 0 atom stereocenters. The van der Waals surface area contributed by atoms with Crippen molar-refractivity contribution in [1.82, 2.24) is 20.6 Å². The average molecular weight is 515 g/mol. The van der Waals surface area contributed by atoms with Gasteiger partial charge in [0.15, 0.2) is 21.5 Å². The number of sulfone groups is 1. The maximum atomic E-state index is 14.5. The highest BCUT2D eigenvalue weighted by atomic mass is 32.2. The Bertz CT molecular complexity index is 1280. The zero-order valence-corrected chi connectivity index (χ0v) is 21.3. The molecule has 3 rings (SSSR count). The molecule has 192 valence electrons. The first-order valence-corrected chi connectivity index (χ1v) is 13.5. The molecule has 1 aromatic heterocycles. The molecule has 0 aliphatic heterocycles. The van der Waals surface area contributed by atoms with E-state index >= 15 is 0 Å². The second kappa shape index (κ2) is 12.4. The molecule has 3 aromatic rings. The summed E-state index contributed by atoms with van der Waals surface area (Å²) in [5.41, 5.74) is 2.03. The third kappa shape index (κ3) is 7.99. The van der Waals surface area contributed by atoms with Crippen LogP contribution >= 0.6 is 0 Å². The Hall–Kier alpha value is -3.57. The Kier molecular flexibility index (Phi) is 9.31. The summed E-state index contributed by atoms with van der Waals surface area (Å²) in [6.07, 6.45) is 1.03. The minimum absolute atomic E-state index is 0.0520. The maximum absolute atomic E-state index is 14.5. The van der Waals surface area contributed by atoms with E-state index in [0.29, 0.717) is 29.0 Å². The number of benzene rings is 2. The fraction of sp³-hybridized carbons (Fsp3) is 0.320. The summed E-state index contributed by atoms with van der Waals surface area (Å²) in [6.45, 7) is 6.77. The van der Waals surface area contributed by atoms with E-state index in [4.69, 9.17) is 0 Å². The molecule has 0 radical (unpaired) electrons. The number of nitrogens with zero attached hydrogens (tertiary/aromatic N) is 2. The van der Waals surface area contributed by atoms with Crippen molar-refractivity contribution in [3.8, 4) is 0 Å². The zero-order valence-electron chi connectivity index (χ0n) is 20.5. The predicted molar refractivity (Wildman–Crippen MR) is 140 cm³/mol. The van der Waals surface area contributed by atoms with Gasteiger partial charge in [0.25, 0.3) is 5.91 Å². The first-order chi connectivity index (χ1) is 17.2. The molecular weight excluding hydrogens is 483 g/mol. The number of halogens is 1. The summed E-state index contributed by atoms with van der Waals surface area (Å²) in [5, 5.41) is 11.7. The van der Waals surface area contributed by atoms with Gasteiger partial charge in [0.2, 0.25) is 5.95 Å². The van der Waals surface area contributed by atoms with Gasteiger partial charge in [-0.15, -0.1) is 0 Å². The average Bonchev–Trinajstić information content (AvgIpc) is 2.82. The molecule has 2 aromatic carbocycles. The molecule has 0 saturated carbocycles. The molecule has 4 N–H and O–H groups in total. The summed E-state index contributed by atoms with van der Waals surface area (Å²) in [7, 11) is -3.22. The van der Waals surface area contributed by atoms with E-state index in [2.05, 4.69) is 31.2 Å². The summed E-state index contributed by atoms with van der Waals surface area (Å²) in [4.78, 5) is 20.7. The minimum atomic E-state index is -3.22. The molecule has 0 aliphatic carbocycles. The Morgan fingerprint density at radius 2 is 1.78 bits per heavy atom. The summed E-state index contributed by atoms with van der Waals surface area (Å²) in [5.74, 6) is -0.914. The molecule has 0 aliphatic rings. The van der Waals surface area contributed by atoms with Crippen LogP contribution in [0.3, 0.4) is 0 Å². The van der Waals surface area contributed by atoms with Crippen molar-refractivity contribution in [2.45, 2.75) is 32.6 Å². The molecule has 0 unspecified atom stereocenters. The number of rotatable bonds is 12. The molecule has 36 heavy (non-hydrogen) atoms. The lowest BCUT2D eigenvalue weighted by atomic mass is 10.1. The molecule has 1 amide bonds. The van der Waals surface area contributed by atoms with Crippen LogP contribution in [0.15, 0.2) is 54.7 Å². The monoisotopic (exact) mass is 514 g/mol. The number of anilines is 4. The largest absolute Gasteiger partial charge is 0.350 e. The van der Waals surface area contributed by atoms with Gasteiger partial charge in [-0.2, -0.15) is 4.98 Å². The van der Waals surface area contributed by atoms with Gasteiger partial charge in [-0.3, -0.25) is 4.79 Å². The van der Waals surface area contributed by atoms with Crippen molar-refractivity contribution in [3.63, 3.8) is 0 Å². The van der Waals surface area contributed by atoms with Gasteiger partial charge in [0.05, 0.1) is 29.0 Å². The van der Waals surface area contributed by atoms with Crippen LogP contribution in [0.25, 0.3) is 0 Å². The van der Waals surface area contributed by atoms with Gasteiger partial charge in [-0.1, -0.05) is 31.2 Å². The molecule has 0 spiro atoms. The number of hydrogen-bond acceptors (Lipinski definition) is 8. The van der Waals surface area contributed by atoms with Crippen molar-refractivity contribution < 1.29 is 17.6 Å². The highest BCUT2D eigenvalue weighted by Gasteiger charge is 2.15. The van der Waals surface area contributed by atoms with Gasteiger partial charge < -0.3 is 21.3 Å². The fourth-order valence-electron chi connectivity index (χ4n) is 3.32. The number of carbonyl (C=O) groups is 1. The fourth-order valence-corrected chi connectivity index (χ4v) is 4.62. The third-order valence-electron chi connectivity index (χ3n) is 5.03. The van der Waals surface area contributed by atoms with E-state index < -0.39 is 15.7 Å². The molecular formula is C25H31FN6O3S. The van der Waals surface area contributed by atoms with E-state index in [1.807, 2.05) is 20.8 Å². The lowest BCUT2D eigenvalue weighted by Gasteiger charge is -2.14. The van der Waals surface area contributed by atoms with Crippen LogP contribution in [0.4, 0.5) is 27.5 Å². The van der Waals surface area contributed by atoms with Crippen molar-refractivity contribution >= 4 is 38.9 Å². The van der Waals surface area contributed by atoms with E-state index in [0.717, 1.165) is 12.7 Å². The topological polar surface area (TPSA) is 125 Å². The van der Waals surface area contributed by atoms with Crippen molar-refractivity contribution in [2.24, 2.45) is 0 Å². The molecule has 0 bridgehead atoms. The van der Waals surface area contributed by atoms with Crippen molar-refractivity contribution in [2.75, 3.05) is 29.5 Å². The van der Waals surface area contributed by atoms with Crippen LogP contribution in [0.5, 0.6) is 0 Å². The van der Waals surface area contributed by atoms with Crippen LogP contribution in [0.1, 0.15) is 36.7 Å². The second-order valence-corrected chi connectivity index (χ2v) is 10.6. The Balaban J connectivity index is 1.71. The molecule has 11 heteroatoms. The number of nitrogens with one attached hydrogen (secondary N) is 4. The maximum Gasteiger partial charge on any atom is 0.253 e. The normalized spacial score (nSPS) is 11.4. The van der Waals surface area contributed by atoms with Crippen molar-refractivity contribution in [3.05, 3.63) is 71.7 Å². The number of hydrogen-bond donors (Lipinski definition) is 4. The van der Waals surface area contributed by atoms with Gasteiger partial charge in [0.1, 0.15) is 0 Å². The molecule has 1 heterocycles. The number of amides is 1. The Morgan fingerprint density at radius 3 is 2.47 bits per heavy atom. The zero-order chi connectivity index (χ0) is 26.1. The quantitative estimate of drug-likeness (QED) is 0.269. The smallest absolute Gasteiger partial charge is 0.253 e. The summed E-state index contributed by atoms with van der Waals surface area (Å²) < 4.78 is 39.0. The van der Waals surface area contributed by atoms with Crippen LogP contribution < -0.4 is 21.3 Å². The Morgan fingerprint density at radius 1 is 1.06 bits per heavy atom. The van der Waals surface area contributed by atoms with Crippen LogP contribution in [-0.2, 0) is 15.6 Å². The number of aromatic nitrogens is 2. The predicted octanol–water partition coefficient (Wildman–Crippen LogP) is 3.77. The van der Waals surface area contributed by atoms with E-state index in [9.17, 15) is 17.6 Å². The third-order valence-corrected chi connectivity index (χ3v) is 6.62. The van der Waals surface area contributed by atoms with Crippen LogP contribution in [0.2, 0.25) is 0 Å². The van der Waals surface area contributed by atoms with Gasteiger partial charge >= 0.3 is 0 Å². The SMILES string of the molecule is CCNCCS(=O)(=O)Cc1ccc(Nc2ncc(F)c(Nc3ccccc3C(=O)NC(C)C)n2)cc1. The summed E-state index contributed by atoms with van der Waals surface area (Å²) >= 11 is 0. The number of carbonyl (C=O) groups excluding carboxylic acids is 1. The van der Waals surface area contributed by atoms with E-state index in [1.165, 1.54) is 0 Å². The Labute approximate surface area is 210 Å². The van der Waals surface area contributed by atoms with Gasteiger partial charge in [0, 0.05) is 18.3 Å². The summed E-state index contributed by atoms with van der Waals surface area (Å²) in [6, 6.07) is 13.5. The van der Waals surface area contributed by atoms with Gasteiger partial charge in [-0.25, -0.2) is 17.8 Å². The minimum Gasteiger partial charge on any atom is -0.350 e. The lowest BCUT2D eigenvalue weighted by Crippen LogP contribution is -2.30. The van der Waals surface area contributed by atoms with Crippen LogP contribution in [0, 0.1) is 5.82 Å². The lowest BCUT2D eigenvalue weighted by molar-refractivity contribution is 0.0944. The first-order valence-electron chi connectivity index (χ1n) is 11.6. The molecule has 0 saturated heterocycles. The van der Waals surface area contributed by atoms with E-state index in [-0.39, 0.29) is 35.2 Å². The first kappa shape index (κ1) is 27.0. The standard InChI is InChI=1S/C25H31FN6O3S/c1-4-27-13-14-36(34,35)16-18-9-11-19(12-10-18)30-25-28-15-21(26)23(32-25)31-22-8-6-5-7-20(22)24(33)29-17(2)3/h5-12,15,17,27H,4,13-14,16H2,1-3H3,(H,29,33)(H2,28,30,31,32). The molecule has 0 fully saturated rings. The van der Waals surface area contributed by atoms with Crippen LogP contribution in [-0.4, -0.2) is 49.2 Å². The second-order valence-electron chi connectivity index (χ2n) is 8.46. The number of para-hydroxylation sites is 1. The highest BCUT2D eigenvalue weighted by Crippen LogP contribution is 2.23. The van der Waals surface area contributed by atoms with E-state index in [1.54, 1.807) is 48.5 Å². The molecule has 9 nitrogen and oxygen atoms in total. The van der Waals surface area contributed by atoms with Gasteiger partial charge in [-0.05, 0) is 50.2 Å².